The zero-order valence-corrected chi connectivity index (χ0v) is 17.3. The van der Waals surface area contributed by atoms with Crippen LogP contribution in [0.2, 0.25) is 0 Å². The maximum absolute atomic E-state index is 13.0. The first kappa shape index (κ1) is 21.2. The van der Waals surface area contributed by atoms with Crippen molar-refractivity contribution in [3.05, 3.63) is 72.4 Å². The van der Waals surface area contributed by atoms with E-state index in [-0.39, 0.29) is 24.1 Å². The highest BCUT2D eigenvalue weighted by Crippen LogP contribution is 2.31. The van der Waals surface area contributed by atoms with Crippen LogP contribution >= 0.6 is 0 Å². The van der Waals surface area contributed by atoms with Gasteiger partial charge >= 0.3 is 0 Å². The Morgan fingerprint density at radius 2 is 1.57 bits per heavy atom. The number of ether oxygens (including phenoxy) is 2. The molecular formula is C24H26N2O4. The van der Waals surface area contributed by atoms with Gasteiger partial charge in [-0.15, -0.1) is 6.58 Å². The number of anilines is 1. The number of carbonyl (C=O) groups excluding carboxylic acids is 2. The number of hydrogen-bond acceptors (Lipinski definition) is 5. The van der Waals surface area contributed by atoms with Gasteiger partial charge in [-0.05, 0) is 55.3 Å². The van der Waals surface area contributed by atoms with Crippen LogP contribution in [0.15, 0.2) is 66.9 Å². The molecule has 0 saturated carbocycles. The maximum Gasteiger partial charge on any atom is 0.278 e. The van der Waals surface area contributed by atoms with Gasteiger partial charge in [-0.1, -0.05) is 25.1 Å². The lowest BCUT2D eigenvalue weighted by atomic mass is 10.0. The van der Waals surface area contributed by atoms with E-state index >= 15 is 0 Å². The molecule has 0 atom stereocenters. The molecule has 0 fully saturated rings. The second kappa shape index (κ2) is 9.78. The van der Waals surface area contributed by atoms with Crippen LogP contribution in [-0.4, -0.2) is 36.5 Å². The fourth-order valence-electron chi connectivity index (χ4n) is 3.14. The topological polar surface area (TPSA) is 67.9 Å². The van der Waals surface area contributed by atoms with Crippen molar-refractivity contribution in [2.24, 2.45) is 0 Å². The summed E-state index contributed by atoms with van der Waals surface area (Å²) in [5.74, 6) is 0.731. The van der Waals surface area contributed by atoms with E-state index in [1.165, 1.54) is 11.0 Å². The largest absolute Gasteiger partial charge is 0.494 e. The number of nitrogens with one attached hydrogen (secondary N) is 1. The van der Waals surface area contributed by atoms with Crippen molar-refractivity contribution in [3.8, 4) is 11.5 Å². The third-order valence-electron chi connectivity index (χ3n) is 4.53. The van der Waals surface area contributed by atoms with E-state index < -0.39 is 0 Å². The third kappa shape index (κ3) is 4.54. The van der Waals surface area contributed by atoms with Crippen LogP contribution in [0.5, 0.6) is 11.5 Å². The molecule has 3 rings (SSSR count). The first-order valence-corrected chi connectivity index (χ1v) is 10.0. The molecule has 0 saturated heterocycles. The fourth-order valence-corrected chi connectivity index (χ4v) is 3.14. The summed E-state index contributed by atoms with van der Waals surface area (Å²) in [5, 5.41) is 3.12. The maximum atomic E-state index is 13.0. The molecule has 0 radical (unpaired) electrons. The highest BCUT2D eigenvalue weighted by atomic mass is 16.5. The highest BCUT2D eigenvalue weighted by molar-refractivity contribution is 6.36. The lowest BCUT2D eigenvalue weighted by molar-refractivity contribution is -0.136. The summed E-state index contributed by atoms with van der Waals surface area (Å²) >= 11 is 0. The van der Waals surface area contributed by atoms with Crippen molar-refractivity contribution in [3.63, 3.8) is 0 Å². The Labute approximate surface area is 176 Å². The SMILES string of the molecule is C=CCN1C(=O)C(Nc2ccc(OCC)cc2)=C(c2ccc(OCCC)cc2)C1=O. The van der Waals surface area contributed by atoms with Crippen LogP contribution in [0.4, 0.5) is 5.69 Å². The molecule has 1 aliphatic heterocycles. The van der Waals surface area contributed by atoms with Gasteiger partial charge < -0.3 is 14.8 Å². The minimum atomic E-state index is -0.380. The van der Waals surface area contributed by atoms with Crippen LogP contribution < -0.4 is 14.8 Å². The quantitative estimate of drug-likeness (QED) is 0.472. The van der Waals surface area contributed by atoms with Gasteiger partial charge in [0.1, 0.15) is 17.2 Å². The number of benzene rings is 2. The Bertz CT molecular complexity index is 946. The third-order valence-corrected chi connectivity index (χ3v) is 4.53. The molecule has 0 bridgehead atoms. The van der Waals surface area contributed by atoms with Crippen LogP contribution in [0.25, 0.3) is 5.57 Å². The molecule has 6 heteroatoms. The molecule has 2 aromatic rings. The molecule has 0 unspecified atom stereocenters. The van der Waals surface area contributed by atoms with Crippen LogP contribution in [-0.2, 0) is 9.59 Å². The van der Waals surface area contributed by atoms with E-state index in [4.69, 9.17) is 9.47 Å². The van der Waals surface area contributed by atoms with Crippen molar-refractivity contribution in [1.82, 2.24) is 4.90 Å². The summed E-state index contributed by atoms with van der Waals surface area (Å²) in [6.07, 6.45) is 2.45. The van der Waals surface area contributed by atoms with E-state index in [9.17, 15) is 9.59 Å². The van der Waals surface area contributed by atoms with Gasteiger partial charge in [0.15, 0.2) is 0 Å². The van der Waals surface area contributed by atoms with Gasteiger partial charge in [0.2, 0.25) is 0 Å². The molecule has 2 amide bonds. The Balaban J connectivity index is 1.94. The first-order valence-electron chi connectivity index (χ1n) is 10.0. The number of hydrogen-bond donors (Lipinski definition) is 1. The van der Waals surface area contributed by atoms with Gasteiger partial charge in [0, 0.05) is 12.2 Å². The van der Waals surface area contributed by atoms with E-state index in [1.807, 2.05) is 38.1 Å². The van der Waals surface area contributed by atoms with E-state index in [0.29, 0.717) is 30.0 Å². The number of carbonyl (C=O) groups is 2. The minimum absolute atomic E-state index is 0.146. The number of amides is 2. The van der Waals surface area contributed by atoms with Gasteiger partial charge in [-0.25, -0.2) is 0 Å². The van der Waals surface area contributed by atoms with Crippen molar-refractivity contribution < 1.29 is 19.1 Å². The van der Waals surface area contributed by atoms with Crippen molar-refractivity contribution in [2.45, 2.75) is 20.3 Å². The zero-order valence-electron chi connectivity index (χ0n) is 17.3. The average molecular weight is 406 g/mol. The van der Waals surface area contributed by atoms with Crippen molar-refractivity contribution in [1.29, 1.82) is 0 Å². The second-order valence-electron chi connectivity index (χ2n) is 6.71. The predicted molar refractivity (Wildman–Crippen MR) is 117 cm³/mol. The second-order valence-corrected chi connectivity index (χ2v) is 6.71. The monoisotopic (exact) mass is 406 g/mol. The summed E-state index contributed by atoms with van der Waals surface area (Å²) in [4.78, 5) is 27.2. The molecule has 1 aliphatic rings. The van der Waals surface area contributed by atoms with Crippen LogP contribution in [0.3, 0.4) is 0 Å². The molecule has 0 aliphatic carbocycles. The molecule has 6 nitrogen and oxygen atoms in total. The van der Waals surface area contributed by atoms with Crippen molar-refractivity contribution in [2.75, 3.05) is 25.1 Å². The lowest BCUT2D eigenvalue weighted by Crippen LogP contribution is -2.32. The summed E-state index contributed by atoms with van der Waals surface area (Å²) < 4.78 is 11.1. The van der Waals surface area contributed by atoms with Gasteiger partial charge in [-0.2, -0.15) is 0 Å². The predicted octanol–water partition coefficient (Wildman–Crippen LogP) is 4.25. The summed E-state index contributed by atoms with van der Waals surface area (Å²) in [6, 6.07) is 14.5. The normalized spacial score (nSPS) is 13.6. The average Bonchev–Trinajstić information content (AvgIpc) is 2.99. The summed E-state index contributed by atoms with van der Waals surface area (Å²) in [7, 11) is 0. The Kier molecular flexibility index (Phi) is 6.91. The minimum Gasteiger partial charge on any atom is -0.494 e. The molecular weight excluding hydrogens is 380 g/mol. The molecule has 1 N–H and O–H groups in total. The summed E-state index contributed by atoms with van der Waals surface area (Å²) in [6.45, 7) is 8.95. The van der Waals surface area contributed by atoms with Crippen LogP contribution in [0, 0.1) is 0 Å². The lowest BCUT2D eigenvalue weighted by Gasteiger charge is -2.12. The number of nitrogens with zero attached hydrogens (tertiary/aromatic N) is 1. The smallest absolute Gasteiger partial charge is 0.278 e. The molecule has 156 valence electrons. The van der Waals surface area contributed by atoms with Gasteiger partial charge in [0.25, 0.3) is 11.8 Å². The standard InChI is InChI=1S/C24H26N2O4/c1-4-15-26-23(27)21(17-7-11-20(12-8-17)30-16-5-2)22(24(26)28)25-18-9-13-19(14-10-18)29-6-3/h4,7-14,25H,1,5-6,15-16H2,2-3H3. The van der Waals surface area contributed by atoms with Crippen molar-refractivity contribution >= 4 is 23.1 Å². The Morgan fingerprint density at radius 3 is 2.17 bits per heavy atom. The van der Waals surface area contributed by atoms with E-state index in [2.05, 4.69) is 11.9 Å². The summed E-state index contributed by atoms with van der Waals surface area (Å²) in [5.41, 5.74) is 1.92. The molecule has 30 heavy (non-hydrogen) atoms. The molecule has 1 heterocycles. The van der Waals surface area contributed by atoms with Crippen LogP contribution in [0.1, 0.15) is 25.8 Å². The molecule has 0 spiro atoms. The first-order chi connectivity index (χ1) is 14.6. The Morgan fingerprint density at radius 1 is 0.933 bits per heavy atom. The van der Waals surface area contributed by atoms with E-state index in [0.717, 1.165) is 17.9 Å². The van der Waals surface area contributed by atoms with E-state index in [1.54, 1.807) is 24.3 Å². The number of imide groups is 1. The molecule has 0 aromatic heterocycles. The fraction of sp³-hybridized carbons (Fsp3) is 0.250. The van der Waals surface area contributed by atoms with Gasteiger partial charge in [0.05, 0.1) is 18.8 Å². The zero-order chi connectivity index (χ0) is 21.5. The number of rotatable bonds is 10. The molecule has 2 aromatic carbocycles. The van der Waals surface area contributed by atoms with Gasteiger partial charge in [-0.3, -0.25) is 14.5 Å². The Hall–Kier alpha value is -3.54. The highest BCUT2D eigenvalue weighted by Gasteiger charge is 2.38.